The van der Waals surface area contributed by atoms with Crippen molar-refractivity contribution in [2.24, 2.45) is 0 Å². The highest BCUT2D eigenvalue weighted by molar-refractivity contribution is 6.30. The highest BCUT2D eigenvalue weighted by atomic mass is 35.5. The normalized spacial score (nSPS) is 20.6. The number of anilines is 1. The Kier molecular flexibility index (Phi) is 5.16. The molecule has 160 valence electrons. The predicted molar refractivity (Wildman–Crippen MR) is 116 cm³/mol. The van der Waals surface area contributed by atoms with E-state index in [1.165, 1.54) is 12.1 Å². The third-order valence-electron chi connectivity index (χ3n) is 5.84. The van der Waals surface area contributed by atoms with Crippen LogP contribution in [0.15, 0.2) is 48.5 Å². The number of nitrogens with zero attached hydrogens (tertiary/aromatic N) is 3. The minimum absolute atomic E-state index is 0.00950. The van der Waals surface area contributed by atoms with Crippen LogP contribution in [0, 0.1) is 12.7 Å². The first-order valence-corrected chi connectivity index (χ1v) is 10.7. The molecule has 2 aliphatic rings. The fourth-order valence-electron chi connectivity index (χ4n) is 4.29. The lowest BCUT2D eigenvalue weighted by Crippen LogP contribution is -2.46. The third-order valence-corrected chi connectivity index (χ3v) is 6.20. The van der Waals surface area contributed by atoms with Gasteiger partial charge in [-0.25, -0.2) is 9.07 Å². The number of fused-ring (bicyclic) bond motifs is 1. The molecule has 8 heteroatoms. The Morgan fingerprint density at radius 3 is 2.74 bits per heavy atom. The van der Waals surface area contributed by atoms with E-state index in [2.05, 4.69) is 10.4 Å². The van der Waals surface area contributed by atoms with Crippen LogP contribution in [0.1, 0.15) is 40.6 Å². The molecule has 1 fully saturated rings. The zero-order valence-electron chi connectivity index (χ0n) is 17.0. The molecule has 2 aromatic carbocycles. The minimum atomic E-state index is -0.492. The third kappa shape index (κ3) is 3.58. The maximum atomic E-state index is 13.4. The first kappa shape index (κ1) is 20.0. The Balaban J connectivity index is 1.58. The molecule has 0 radical (unpaired) electrons. The molecule has 1 N–H and O–H groups in total. The molecule has 5 rings (SSSR count). The lowest BCUT2D eigenvalue weighted by Gasteiger charge is -2.39. The number of aromatic nitrogens is 2. The summed E-state index contributed by atoms with van der Waals surface area (Å²) in [6.45, 7) is 3.03. The van der Waals surface area contributed by atoms with Crippen molar-refractivity contribution in [1.82, 2.24) is 14.7 Å². The zero-order valence-corrected chi connectivity index (χ0v) is 17.8. The molecule has 0 unspecified atom stereocenters. The SMILES string of the molecule is Cc1nn(-c2ccc(F)cc2)c(Cl)c1[C@@H]1Nc2ccccc2C(=O)N1C[C@@H]1CCCO1. The average molecular weight is 441 g/mol. The molecule has 0 bridgehead atoms. The fourth-order valence-corrected chi connectivity index (χ4v) is 4.67. The summed E-state index contributed by atoms with van der Waals surface area (Å²) < 4.78 is 20.8. The van der Waals surface area contributed by atoms with Gasteiger partial charge < -0.3 is 15.0 Å². The van der Waals surface area contributed by atoms with Crippen LogP contribution in [0.25, 0.3) is 5.69 Å². The quantitative estimate of drug-likeness (QED) is 0.637. The topological polar surface area (TPSA) is 59.4 Å². The van der Waals surface area contributed by atoms with Crippen molar-refractivity contribution in [2.45, 2.75) is 32.0 Å². The van der Waals surface area contributed by atoms with Gasteiger partial charge in [-0.15, -0.1) is 0 Å². The summed E-state index contributed by atoms with van der Waals surface area (Å²) in [7, 11) is 0. The van der Waals surface area contributed by atoms with Crippen LogP contribution >= 0.6 is 11.6 Å². The highest BCUT2D eigenvalue weighted by Gasteiger charge is 2.38. The number of hydrogen-bond acceptors (Lipinski definition) is 4. The van der Waals surface area contributed by atoms with Crippen molar-refractivity contribution >= 4 is 23.2 Å². The van der Waals surface area contributed by atoms with E-state index in [4.69, 9.17) is 16.3 Å². The maximum absolute atomic E-state index is 13.4. The predicted octanol–water partition coefficient (Wildman–Crippen LogP) is 4.72. The van der Waals surface area contributed by atoms with Crippen molar-refractivity contribution in [3.63, 3.8) is 0 Å². The minimum Gasteiger partial charge on any atom is -0.376 e. The molecule has 3 heterocycles. The molecule has 1 amide bonds. The van der Waals surface area contributed by atoms with Gasteiger partial charge >= 0.3 is 0 Å². The summed E-state index contributed by atoms with van der Waals surface area (Å²) in [6, 6.07) is 13.4. The van der Waals surface area contributed by atoms with Gasteiger partial charge in [0.15, 0.2) is 0 Å². The van der Waals surface area contributed by atoms with Crippen molar-refractivity contribution in [3.05, 3.63) is 76.3 Å². The number of ether oxygens (including phenoxy) is 1. The van der Waals surface area contributed by atoms with Crippen molar-refractivity contribution in [2.75, 3.05) is 18.5 Å². The maximum Gasteiger partial charge on any atom is 0.257 e. The highest BCUT2D eigenvalue weighted by Crippen LogP contribution is 2.38. The standard InChI is InChI=1S/C23H22ClFN4O2/c1-14-20(21(24)29(27-14)16-10-8-15(25)9-11-16)22-26-19-7-3-2-6-18(19)23(30)28(22)13-17-5-4-12-31-17/h2-3,6-11,17,22,26H,4-5,12-13H2,1H3/t17-,22+/m0/s1. The van der Waals surface area contributed by atoms with Gasteiger partial charge in [0.2, 0.25) is 0 Å². The molecule has 1 aromatic heterocycles. The number of para-hydroxylation sites is 1. The Morgan fingerprint density at radius 2 is 2.00 bits per heavy atom. The molecule has 3 aromatic rings. The number of carbonyl (C=O) groups is 1. The number of carbonyl (C=O) groups excluding carboxylic acids is 1. The van der Waals surface area contributed by atoms with E-state index < -0.39 is 6.17 Å². The molecular weight excluding hydrogens is 419 g/mol. The Hall–Kier alpha value is -2.90. The number of halogens is 2. The van der Waals surface area contributed by atoms with E-state index in [9.17, 15) is 9.18 Å². The van der Waals surface area contributed by atoms with Crippen LogP contribution in [-0.2, 0) is 4.74 Å². The van der Waals surface area contributed by atoms with E-state index in [-0.39, 0.29) is 17.8 Å². The van der Waals surface area contributed by atoms with Gasteiger partial charge in [0.1, 0.15) is 17.1 Å². The second-order valence-corrected chi connectivity index (χ2v) is 8.22. The summed E-state index contributed by atoms with van der Waals surface area (Å²) in [5.74, 6) is -0.400. The average Bonchev–Trinajstić information content (AvgIpc) is 3.38. The summed E-state index contributed by atoms with van der Waals surface area (Å²) >= 11 is 6.79. The van der Waals surface area contributed by atoms with Crippen LogP contribution < -0.4 is 5.32 Å². The van der Waals surface area contributed by atoms with Gasteiger partial charge in [-0.05, 0) is 56.2 Å². The van der Waals surface area contributed by atoms with Crippen molar-refractivity contribution in [3.8, 4) is 5.69 Å². The number of rotatable bonds is 4. The van der Waals surface area contributed by atoms with Crippen LogP contribution in [-0.4, -0.2) is 39.8 Å². The number of hydrogen-bond donors (Lipinski definition) is 1. The first-order chi connectivity index (χ1) is 15.0. The van der Waals surface area contributed by atoms with Crippen LogP contribution in [0.3, 0.4) is 0 Å². The molecule has 31 heavy (non-hydrogen) atoms. The Morgan fingerprint density at radius 1 is 1.23 bits per heavy atom. The largest absolute Gasteiger partial charge is 0.376 e. The van der Waals surface area contributed by atoms with Crippen LogP contribution in [0.2, 0.25) is 5.15 Å². The number of benzene rings is 2. The van der Waals surface area contributed by atoms with E-state index in [1.54, 1.807) is 21.7 Å². The molecule has 0 spiro atoms. The lowest BCUT2D eigenvalue weighted by atomic mass is 10.0. The number of aryl methyl sites for hydroxylation is 1. The summed E-state index contributed by atoms with van der Waals surface area (Å²) in [4.78, 5) is 15.2. The van der Waals surface area contributed by atoms with Gasteiger partial charge in [0, 0.05) is 18.8 Å². The summed E-state index contributed by atoms with van der Waals surface area (Å²) in [5.41, 5.74) is 3.43. The Bertz CT molecular complexity index is 1130. The second kappa shape index (κ2) is 7.98. The number of nitrogens with one attached hydrogen (secondary N) is 1. The molecule has 6 nitrogen and oxygen atoms in total. The van der Waals surface area contributed by atoms with Gasteiger partial charge in [0.05, 0.1) is 28.6 Å². The zero-order chi connectivity index (χ0) is 21.5. The molecule has 2 atom stereocenters. The van der Waals surface area contributed by atoms with Crippen LogP contribution in [0.5, 0.6) is 0 Å². The van der Waals surface area contributed by atoms with Gasteiger partial charge in [-0.1, -0.05) is 23.7 Å². The molecular formula is C23H22ClFN4O2. The summed E-state index contributed by atoms with van der Waals surface area (Å²) in [6.07, 6.45) is 1.40. The second-order valence-electron chi connectivity index (χ2n) is 7.86. The molecule has 2 aliphatic heterocycles. The molecule has 1 saturated heterocycles. The summed E-state index contributed by atoms with van der Waals surface area (Å²) in [5, 5.41) is 8.44. The van der Waals surface area contributed by atoms with Gasteiger partial charge in [-0.3, -0.25) is 4.79 Å². The smallest absolute Gasteiger partial charge is 0.257 e. The van der Waals surface area contributed by atoms with Gasteiger partial charge in [0.25, 0.3) is 5.91 Å². The van der Waals surface area contributed by atoms with Crippen molar-refractivity contribution in [1.29, 1.82) is 0 Å². The molecule has 0 aliphatic carbocycles. The van der Waals surface area contributed by atoms with E-state index in [0.717, 1.165) is 18.5 Å². The van der Waals surface area contributed by atoms with Crippen LogP contribution in [0.4, 0.5) is 10.1 Å². The number of amides is 1. The van der Waals surface area contributed by atoms with E-state index >= 15 is 0 Å². The fraction of sp³-hybridized carbons (Fsp3) is 0.304. The van der Waals surface area contributed by atoms with Crippen molar-refractivity contribution < 1.29 is 13.9 Å². The van der Waals surface area contributed by atoms with E-state index in [1.807, 2.05) is 31.2 Å². The first-order valence-electron chi connectivity index (χ1n) is 10.3. The molecule has 0 saturated carbocycles. The Labute approximate surface area is 184 Å². The monoisotopic (exact) mass is 440 g/mol. The van der Waals surface area contributed by atoms with Gasteiger partial charge in [-0.2, -0.15) is 5.10 Å². The van der Waals surface area contributed by atoms with E-state index in [0.29, 0.717) is 40.8 Å². The lowest BCUT2D eigenvalue weighted by molar-refractivity contribution is 0.0426.